The van der Waals surface area contributed by atoms with Gasteiger partial charge in [-0.2, -0.15) is 0 Å². The van der Waals surface area contributed by atoms with E-state index in [0.717, 1.165) is 37.9 Å². The molecule has 3 heteroatoms. The summed E-state index contributed by atoms with van der Waals surface area (Å²) in [6.07, 6.45) is 4.09. The second kappa shape index (κ2) is 6.01. The van der Waals surface area contributed by atoms with Gasteiger partial charge in [0.25, 0.3) is 0 Å². The maximum atomic E-state index is 12.0. The first-order valence-corrected chi connectivity index (χ1v) is 6.90. The normalized spacial score (nSPS) is 18.9. The topological polar surface area (TPSA) is 41.1 Å². The summed E-state index contributed by atoms with van der Waals surface area (Å²) in [7, 11) is 0. The van der Waals surface area contributed by atoms with Crippen molar-refractivity contribution in [1.82, 2.24) is 5.32 Å². The molecule has 0 spiro atoms. The number of carbonyl (C=O) groups is 1. The molecule has 1 unspecified atom stereocenters. The predicted octanol–water partition coefficient (Wildman–Crippen LogP) is 2.50. The van der Waals surface area contributed by atoms with Crippen molar-refractivity contribution in [2.24, 2.45) is 0 Å². The van der Waals surface area contributed by atoms with Crippen LogP contribution in [0.15, 0.2) is 18.2 Å². The maximum absolute atomic E-state index is 12.0. The minimum atomic E-state index is -0.0130. The van der Waals surface area contributed by atoms with Crippen molar-refractivity contribution < 1.29 is 4.79 Å². The SMILES string of the molecule is CCc1ccc(NC(=O)C2CCCN2)cc1CC. The van der Waals surface area contributed by atoms with Gasteiger partial charge < -0.3 is 10.6 Å². The number of benzene rings is 1. The van der Waals surface area contributed by atoms with E-state index in [1.165, 1.54) is 11.1 Å². The van der Waals surface area contributed by atoms with Crippen LogP contribution in [0.1, 0.15) is 37.8 Å². The molecule has 3 nitrogen and oxygen atoms in total. The zero-order chi connectivity index (χ0) is 13.0. The number of nitrogens with one attached hydrogen (secondary N) is 2. The standard InChI is InChI=1S/C15H22N2O/c1-3-11-7-8-13(10-12(11)4-2)17-15(18)14-6-5-9-16-14/h7-8,10,14,16H,3-6,9H2,1-2H3,(H,17,18). The zero-order valence-electron chi connectivity index (χ0n) is 11.3. The van der Waals surface area contributed by atoms with Crippen molar-refractivity contribution >= 4 is 11.6 Å². The smallest absolute Gasteiger partial charge is 0.241 e. The Morgan fingerprint density at radius 3 is 2.72 bits per heavy atom. The van der Waals surface area contributed by atoms with Gasteiger partial charge in [-0.25, -0.2) is 0 Å². The van der Waals surface area contributed by atoms with Crippen LogP contribution >= 0.6 is 0 Å². The number of anilines is 1. The minimum absolute atomic E-state index is 0.0130. The lowest BCUT2D eigenvalue weighted by Crippen LogP contribution is -2.35. The van der Waals surface area contributed by atoms with Crippen molar-refractivity contribution in [3.63, 3.8) is 0 Å². The van der Waals surface area contributed by atoms with Crippen LogP contribution < -0.4 is 10.6 Å². The van der Waals surface area contributed by atoms with Gasteiger partial charge in [-0.15, -0.1) is 0 Å². The van der Waals surface area contributed by atoms with Gasteiger partial charge in [0.15, 0.2) is 0 Å². The highest BCUT2D eigenvalue weighted by atomic mass is 16.2. The highest BCUT2D eigenvalue weighted by Gasteiger charge is 2.21. The van der Waals surface area contributed by atoms with Crippen LogP contribution in [0.25, 0.3) is 0 Å². The first kappa shape index (κ1) is 13.1. The molecular formula is C15H22N2O. The van der Waals surface area contributed by atoms with E-state index >= 15 is 0 Å². The van der Waals surface area contributed by atoms with Crippen LogP contribution in [-0.4, -0.2) is 18.5 Å². The Kier molecular flexibility index (Phi) is 4.37. The summed E-state index contributed by atoms with van der Waals surface area (Å²) in [6.45, 7) is 5.26. The van der Waals surface area contributed by atoms with Gasteiger partial charge in [-0.05, 0) is 55.5 Å². The van der Waals surface area contributed by atoms with Crippen LogP contribution in [-0.2, 0) is 17.6 Å². The van der Waals surface area contributed by atoms with E-state index < -0.39 is 0 Å². The van der Waals surface area contributed by atoms with E-state index in [4.69, 9.17) is 0 Å². The van der Waals surface area contributed by atoms with Gasteiger partial charge in [-0.1, -0.05) is 19.9 Å². The molecule has 0 bridgehead atoms. The van der Waals surface area contributed by atoms with E-state index in [0.29, 0.717) is 0 Å². The Morgan fingerprint density at radius 2 is 2.11 bits per heavy atom. The Morgan fingerprint density at radius 1 is 1.33 bits per heavy atom. The third-order valence-electron chi connectivity index (χ3n) is 3.61. The van der Waals surface area contributed by atoms with Crippen LogP contribution in [0.2, 0.25) is 0 Å². The van der Waals surface area contributed by atoms with Gasteiger partial charge in [-0.3, -0.25) is 4.79 Å². The van der Waals surface area contributed by atoms with Gasteiger partial charge in [0.05, 0.1) is 6.04 Å². The highest BCUT2D eigenvalue weighted by Crippen LogP contribution is 2.18. The third kappa shape index (κ3) is 2.91. The van der Waals surface area contributed by atoms with E-state index in [2.05, 4.69) is 36.6 Å². The van der Waals surface area contributed by atoms with Gasteiger partial charge in [0, 0.05) is 5.69 Å². The molecule has 1 aromatic carbocycles. The number of amides is 1. The lowest BCUT2D eigenvalue weighted by atomic mass is 10.0. The van der Waals surface area contributed by atoms with E-state index in [1.54, 1.807) is 0 Å². The zero-order valence-corrected chi connectivity index (χ0v) is 11.3. The molecule has 1 aliphatic heterocycles. The molecule has 18 heavy (non-hydrogen) atoms. The summed E-state index contributed by atoms with van der Waals surface area (Å²) in [5.41, 5.74) is 3.62. The molecule has 1 aliphatic rings. The molecule has 1 saturated heterocycles. The lowest BCUT2D eigenvalue weighted by molar-refractivity contribution is -0.117. The third-order valence-corrected chi connectivity index (χ3v) is 3.61. The second-order valence-electron chi connectivity index (χ2n) is 4.83. The summed E-state index contributed by atoms with van der Waals surface area (Å²) >= 11 is 0. The predicted molar refractivity (Wildman–Crippen MR) is 74.9 cm³/mol. The van der Waals surface area contributed by atoms with Crippen molar-refractivity contribution in [2.45, 2.75) is 45.6 Å². The van der Waals surface area contributed by atoms with Crippen LogP contribution in [0.5, 0.6) is 0 Å². The summed E-state index contributed by atoms with van der Waals surface area (Å²) < 4.78 is 0. The molecule has 2 N–H and O–H groups in total. The molecule has 1 amide bonds. The number of aryl methyl sites for hydroxylation is 2. The summed E-state index contributed by atoms with van der Waals surface area (Å²) in [6, 6.07) is 6.22. The van der Waals surface area contributed by atoms with E-state index in [9.17, 15) is 4.79 Å². The van der Waals surface area contributed by atoms with Crippen molar-refractivity contribution in [3.8, 4) is 0 Å². The second-order valence-corrected chi connectivity index (χ2v) is 4.83. The van der Waals surface area contributed by atoms with Crippen LogP contribution in [0, 0.1) is 0 Å². The molecule has 0 aliphatic carbocycles. The summed E-state index contributed by atoms with van der Waals surface area (Å²) in [4.78, 5) is 12.0. The molecule has 1 fully saturated rings. The first-order valence-electron chi connectivity index (χ1n) is 6.90. The molecule has 1 aromatic rings. The molecule has 1 atom stereocenters. The highest BCUT2D eigenvalue weighted by molar-refractivity contribution is 5.95. The first-order chi connectivity index (χ1) is 8.74. The van der Waals surface area contributed by atoms with Crippen LogP contribution in [0.3, 0.4) is 0 Å². The summed E-state index contributed by atoms with van der Waals surface area (Å²) in [5.74, 6) is 0.0961. The molecular weight excluding hydrogens is 224 g/mol. The van der Waals surface area contributed by atoms with Crippen molar-refractivity contribution in [1.29, 1.82) is 0 Å². The lowest BCUT2D eigenvalue weighted by Gasteiger charge is -2.13. The number of hydrogen-bond acceptors (Lipinski definition) is 2. The molecule has 0 saturated carbocycles. The Labute approximate surface area is 109 Å². The number of carbonyl (C=O) groups excluding carboxylic acids is 1. The summed E-state index contributed by atoms with van der Waals surface area (Å²) in [5, 5.41) is 6.22. The average molecular weight is 246 g/mol. The minimum Gasteiger partial charge on any atom is -0.325 e. The maximum Gasteiger partial charge on any atom is 0.241 e. The van der Waals surface area contributed by atoms with Crippen LogP contribution in [0.4, 0.5) is 5.69 Å². The number of hydrogen-bond donors (Lipinski definition) is 2. The fourth-order valence-electron chi connectivity index (χ4n) is 2.52. The van der Waals surface area contributed by atoms with Gasteiger partial charge >= 0.3 is 0 Å². The Balaban J connectivity index is 2.06. The largest absolute Gasteiger partial charge is 0.325 e. The number of rotatable bonds is 4. The monoisotopic (exact) mass is 246 g/mol. The molecule has 1 heterocycles. The fraction of sp³-hybridized carbons (Fsp3) is 0.533. The molecule has 0 aromatic heterocycles. The Hall–Kier alpha value is -1.35. The fourth-order valence-corrected chi connectivity index (χ4v) is 2.52. The quantitative estimate of drug-likeness (QED) is 0.857. The van der Waals surface area contributed by atoms with E-state index in [1.807, 2.05) is 6.07 Å². The van der Waals surface area contributed by atoms with E-state index in [-0.39, 0.29) is 11.9 Å². The van der Waals surface area contributed by atoms with Gasteiger partial charge in [0.2, 0.25) is 5.91 Å². The average Bonchev–Trinajstić information content (AvgIpc) is 2.92. The Bertz CT molecular complexity index is 423. The van der Waals surface area contributed by atoms with Gasteiger partial charge in [0.1, 0.15) is 0 Å². The molecule has 98 valence electrons. The van der Waals surface area contributed by atoms with Crippen molar-refractivity contribution in [2.75, 3.05) is 11.9 Å². The molecule has 0 radical (unpaired) electrons. The van der Waals surface area contributed by atoms with Crippen molar-refractivity contribution in [3.05, 3.63) is 29.3 Å². The molecule has 2 rings (SSSR count).